The van der Waals surface area contributed by atoms with Crippen molar-refractivity contribution < 1.29 is 9.13 Å². The molecule has 1 aliphatic rings. The van der Waals surface area contributed by atoms with Crippen molar-refractivity contribution >= 4 is 27.8 Å². The first-order valence-corrected chi connectivity index (χ1v) is 11.5. The largest absolute Gasteiger partial charge is 0.461 e. The van der Waals surface area contributed by atoms with Gasteiger partial charge in [0.15, 0.2) is 0 Å². The van der Waals surface area contributed by atoms with Crippen molar-refractivity contribution in [1.29, 1.82) is 0 Å². The molecule has 1 saturated carbocycles. The smallest absolute Gasteiger partial charge is 0.265 e. The van der Waals surface area contributed by atoms with Gasteiger partial charge in [-0.2, -0.15) is 0 Å². The summed E-state index contributed by atoms with van der Waals surface area (Å²) in [6.07, 6.45) is 5.98. The highest BCUT2D eigenvalue weighted by Gasteiger charge is 2.23. The molecule has 1 aliphatic carbocycles. The predicted molar refractivity (Wildman–Crippen MR) is 134 cm³/mol. The number of alkyl halides is 1. The number of nitrogens with one attached hydrogen (secondary N) is 1. The number of hydrogen-bond donors (Lipinski definition) is 1. The minimum Gasteiger partial charge on any atom is -0.461 e. The molecular formula is C27H22FN5O2. The quantitative estimate of drug-likeness (QED) is 0.367. The Morgan fingerprint density at radius 3 is 2.69 bits per heavy atom. The highest BCUT2D eigenvalue weighted by Crippen LogP contribution is 2.29. The summed E-state index contributed by atoms with van der Waals surface area (Å²) in [5.74, 6) is 0.887. The average Bonchev–Trinajstić information content (AvgIpc) is 3.68. The third-order valence-electron chi connectivity index (χ3n) is 5.97. The van der Waals surface area contributed by atoms with E-state index in [1.54, 1.807) is 47.4 Å². The molecule has 174 valence electrons. The number of nitrogens with zero attached hydrogens (tertiary/aromatic N) is 4. The maximum atomic E-state index is 13.9. The lowest BCUT2D eigenvalue weighted by molar-refractivity contribution is 0.0861. The second kappa shape index (κ2) is 8.47. The van der Waals surface area contributed by atoms with Gasteiger partial charge in [-0.1, -0.05) is 18.2 Å². The number of rotatable bonds is 6. The second-order valence-electron chi connectivity index (χ2n) is 8.66. The maximum Gasteiger partial charge on any atom is 0.265 e. The highest BCUT2D eigenvalue weighted by molar-refractivity contribution is 5.93. The Hall–Kier alpha value is -4.33. The van der Waals surface area contributed by atoms with Crippen LogP contribution in [-0.4, -0.2) is 31.9 Å². The molecule has 1 atom stereocenters. The van der Waals surface area contributed by atoms with E-state index in [0.29, 0.717) is 40.1 Å². The lowest BCUT2D eigenvalue weighted by atomic mass is 10.0. The lowest BCUT2D eigenvalue weighted by Gasteiger charge is -2.14. The summed E-state index contributed by atoms with van der Waals surface area (Å²) >= 11 is 0. The minimum absolute atomic E-state index is 0.218. The molecule has 0 aliphatic heterocycles. The Balaban J connectivity index is 1.55. The molecule has 8 heteroatoms. The van der Waals surface area contributed by atoms with Crippen molar-refractivity contribution in [2.24, 2.45) is 0 Å². The molecule has 35 heavy (non-hydrogen) atoms. The summed E-state index contributed by atoms with van der Waals surface area (Å²) in [4.78, 5) is 27.5. The molecule has 0 amide bonds. The van der Waals surface area contributed by atoms with Gasteiger partial charge >= 0.3 is 0 Å². The maximum absolute atomic E-state index is 13.9. The Kier molecular flexibility index (Phi) is 5.13. The number of anilines is 1. The van der Waals surface area contributed by atoms with Crippen LogP contribution in [0, 0.1) is 0 Å². The molecule has 3 aromatic heterocycles. The molecule has 0 bridgehead atoms. The molecule has 0 spiro atoms. The van der Waals surface area contributed by atoms with Crippen LogP contribution in [0.25, 0.3) is 38.6 Å². The van der Waals surface area contributed by atoms with Gasteiger partial charge in [0.05, 0.1) is 16.6 Å². The molecule has 1 N–H and O–H groups in total. The topological polar surface area (TPSA) is 81.9 Å². The summed E-state index contributed by atoms with van der Waals surface area (Å²) in [5, 5.41) is 4.96. The predicted octanol–water partition coefficient (Wildman–Crippen LogP) is 5.26. The van der Waals surface area contributed by atoms with E-state index in [1.165, 1.54) is 6.92 Å². The Morgan fingerprint density at radius 1 is 1.09 bits per heavy atom. The molecule has 7 nitrogen and oxygen atoms in total. The van der Waals surface area contributed by atoms with Crippen LogP contribution in [0.4, 0.5) is 10.3 Å². The first-order valence-electron chi connectivity index (χ1n) is 11.5. The molecule has 0 saturated heterocycles. The SMILES string of the molecule is CC(F)Oc1ccc(-c2c(=O)n(-c3ccc4ncccc4c3)cc3cnc(NC4CC4)nc23)cc1. The van der Waals surface area contributed by atoms with Crippen LogP contribution in [0.3, 0.4) is 0 Å². The summed E-state index contributed by atoms with van der Waals surface area (Å²) in [6, 6.07) is 16.7. The third kappa shape index (κ3) is 4.19. The van der Waals surface area contributed by atoms with E-state index < -0.39 is 6.36 Å². The highest BCUT2D eigenvalue weighted by atomic mass is 19.1. The number of hydrogen-bond acceptors (Lipinski definition) is 6. The summed E-state index contributed by atoms with van der Waals surface area (Å²) in [6.45, 7) is 1.32. The number of benzene rings is 2. The van der Waals surface area contributed by atoms with Crippen LogP contribution in [0.5, 0.6) is 5.75 Å². The molecule has 0 radical (unpaired) electrons. The van der Waals surface area contributed by atoms with Crippen molar-refractivity contribution in [2.45, 2.75) is 32.2 Å². The van der Waals surface area contributed by atoms with Crippen molar-refractivity contribution in [1.82, 2.24) is 19.5 Å². The summed E-state index contributed by atoms with van der Waals surface area (Å²) < 4.78 is 20.0. The summed E-state index contributed by atoms with van der Waals surface area (Å²) in [7, 11) is 0. The number of halogens is 1. The van der Waals surface area contributed by atoms with Gasteiger partial charge in [0, 0.05) is 48.0 Å². The fourth-order valence-electron chi connectivity index (χ4n) is 4.14. The Bertz CT molecular complexity index is 1610. The fraction of sp³-hybridized carbons (Fsp3) is 0.185. The van der Waals surface area contributed by atoms with Crippen LogP contribution >= 0.6 is 0 Å². The number of aromatic nitrogens is 4. The molecule has 3 heterocycles. The van der Waals surface area contributed by atoms with Crippen molar-refractivity contribution in [2.75, 3.05) is 5.32 Å². The second-order valence-corrected chi connectivity index (χ2v) is 8.66. The standard InChI is InChI=1S/C27H22FN5O2/c1-16(28)35-22-9-4-17(5-10-22)24-25-19(14-30-27(32-25)31-20-6-7-20)15-33(26(24)34)21-8-11-23-18(13-21)3-2-12-29-23/h2-5,8-16,20H,6-7H2,1H3,(H,31,32). The van der Waals surface area contributed by atoms with Crippen LogP contribution in [0.2, 0.25) is 0 Å². The van der Waals surface area contributed by atoms with Crippen LogP contribution in [0.15, 0.2) is 78.0 Å². The Morgan fingerprint density at radius 2 is 1.91 bits per heavy atom. The zero-order valence-corrected chi connectivity index (χ0v) is 19.0. The lowest BCUT2D eigenvalue weighted by Crippen LogP contribution is -2.21. The van der Waals surface area contributed by atoms with Crippen LogP contribution < -0.4 is 15.6 Å². The van der Waals surface area contributed by atoms with Crippen molar-refractivity contribution in [3.63, 3.8) is 0 Å². The molecule has 5 aromatic rings. The monoisotopic (exact) mass is 467 g/mol. The van der Waals surface area contributed by atoms with E-state index in [4.69, 9.17) is 9.72 Å². The van der Waals surface area contributed by atoms with E-state index in [9.17, 15) is 9.18 Å². The third-order valence-corrected chi connectivity index (χ3v) is 5.97. The Labute approximate surface area is 200 Å². The van der Waals surface area contributed by atoms with E-state index in [0.717, 1.165) is 29.1 Å². The van der Waals surface area contributed by atoms with Gasteiger partial charge in [-0.3, -0.25) is 14.3 Å². The van der Waals surface area contributed by atoms with Crippen LogP contribution in [0.1, 0.15) is 19.8 Å². The van der Waals surface area contributed by atoms with Gasteiger partial charge in [-0.15, -0.1) is 0 Å². The van der Waals surface area contributed by atoms with Crippen molar-refractivity contribution in [3.05, 3.63) is 83.5 Å². The molecule has 1 unspecified atom stereocenters. The number of ether oxygens (including phenoxy) is 1. The molecule has 2 aromatic carbocycles. The van der Waals surface area contributed by atoms with Gasteiger partial charge in [0.1, 0.15) is 5.75 Å². The minimum atomic E-state index is -1.43. The summed E-state index contributed by atoms with van der Waals surface area (Å²) in [5.41, 5.74) is 3.00. The number of pyridine rings is 2. The zero-order valence-electron chi connectivity index (χ0n) is 19.0. The molecule has 1 fully saturated rings. The normalized spacial score (nSPS) is 14.2. The average molecular weight is 468 g/mol. The zero-order chi connectivity index (χ0) is 23.9. The number of fused-ring (bicyclic) bond motifs is 2. The van der Waals surface area contributed by atoms with Gasteiger partial charge in [0.2, 0.25) is 12.3 Å². The van der Waals surface area contributed by atoms with Gasteiger partial charge in [0.25, 0.3) is 5.56 Å². The first kappa shape index (κ1) is 21.2. The van der Waals surface area contributed by atoms with Crippen molar-refractivity contribution in [3.8, 4) is 22.6 Å². The first-order chi connectivity index (χ1) is 17.0. The molecular weight excluding hydrogens is 445 g/mol. The van der Waals surface area contributed by atoms with E-state index in [1.807, 2.05) is 30.3 Å². The van der Waals surface area contributed by atoms with Gasteiger partial charge in [-0.05, 0) is 54.8 Å². The van der Waals surface area contributed by atoms with E-state index >= 15 is 0 Å². The van der Waals surface area contributed by atoms with Gasteiger partial charge in [-0.25, -0.2) is 14.4 Å². The molecule has 6 rings (SSSR count). The fourth-order valence-corrected chi connectivity index (χ4v) is 4.14. The van der Waals surface area contributed by atoms with E-state index in [2.05, 4.69) is 15.3 Å². The van der Waals surface area contributed by atoms with E-state index in [-0.39, 0.29) is 5.56 Å². The van der Waals surface area contributed by atoms with Crippen LogP contribution in [-0.2, 0) is 0 Å². The van der Waals surface area contributed by atoms with Gasteiger partial charge < -0.3 is 10.1 Å².